The largest absolute Gasteiger partial charge is 0.448 e. The van der Waals surface area contributed by atoms with E-state index in [-0.39, 0.29) is 6.07 Å². The predicted octanol–water partition coefficient (Wildman–Crippen LogP) is 4.20. The molecule has 0 aromatic heterocycles. The van der Waals surface area contributed by atoms with Crippen LogP contribution in [0.3, 0.4) is 0 Å². The van der Waals surface area contributed by atoms with Gasteiger partial charge in [-0.3, -0.25) is 0 Å². The first-order valence-electron chi connectivity index (χ1n) is 5.76. The molecular formula is C14HF7N2O. The van der Waals surface area contributed by atoms with Crippen LogP contribution in [0, 0.1) is 63.4 Å². The lowest BCUT2D eigenvalue weighted by Gasteiger charge is -2.12. The van der Waals surface area contributed by atoms with Crippen molar-refractivity contribution in [2.45, 2.75) is 0 Å². The number of halogens is 7. The molecule has 2 rings (SSSR count). The third kappa shape index (κ3) is 2.48. The van der Waals surface area contributed by atoms with Crippen molar-refractivity contribution in [1.29, 1.82) is 10.5 Å². The number of hydrogen-bond donors (Lipinski definition) is 0. The maximum absolute atomic E-state index is 14.0. The van der Waals surface area contributed by atoms with Gasteiger partial charge in [0.15, 0.2) is 29.0 Å². The van der Waals surface area contributed by atoms with Gasteiger partial charge in [-0.15, -0.1) is 0 Å². The van der Waals surface area contributed by atoms with Gasteiger partial charge in [0.2, 0.25) is 23.2 Å². The van der Waals surface area contributed by atoms with Crippen LogP contribution < -0.4 is 4.74 Å². The molecule has 0 fully saturated rings. The Labute approximate surface area is 128 Å². The minimum absolute atomic E-state index is 0.0746. The van der Waals surface area contributed by atoms with Gasteiger partial charge in [-0.05, 0) is 0 Å². The molecular weight excluding hydrogens is 345 g/mol. The molecule has 0 unspecified atom stereocenters. The van der Waals surface area contributed by atoms with Crippen LogP contribution >= 0.6 is 0 Å². The van der Waals surface area contributed by atoms with E-state index in [4.69, 9.17) is 10.5 Å². The normalized spacial score (nSPS) is 10.2. The van der Waals surface area contributed by atoms with Crippen LogP contribution in [-0.2, 0) is 0 Å². The minimum atomic E-state index is -2.33. The highest BCUT2D eigenvalue weighted by atomic mass is 19.2. The highest BCUT2D eigenvalue weighted by Gasteiger charge is 2.29. The number of nitrogens with zero attached hydrogens (tertiary/aromatic N) is 2. The van der Waals surface area contributed by atoms with Crippen LogP contribution in [0.25, 0.3) is 0 Å². The van der Waals surface area contributed by atoms with E-state index in [1.54, 1.807) is 0 Å². The maximum atomic E-state index is 14.0. The first-order chi connectivity index (χ1) is 11.2. The Morgan fingerprint density at radius 3 is 1.75 bits per heavy atom. The fourth-order valence-electron chi connectivity index (χ4n) is 1.67. The number of ether oxygens (including phenoxy) is 1. The van der Waals surface area contributed by atoms with Crippen molar-refractivity contribution in [2.75, 3.05) is 0 Å². The molecule has 0 aliphatic rings. The van der Waals surface area contributed by atoms with Gasteiger partial charge in [-0.2, -0.15) is 19.3 Å². The Hall–Kier alpha value is -3.27. The van der Waals surface area contributed by atoms with E-state index >= 15 is 0 Å². The van der Waals surface area contributed by atoms with Gasteiger partial charge in [-0.25, -0.2) is 22.0 Å². The molecule has 10 heteroatoms. The Morgan fingerprint density at radius 1 is 0.667 bits per heavy atom. The fraction of sp³-hybridized carbons (Fsp3) is 0. The second-order valence-electron chi connectivity index (χ2n) is 4.15. The van der Waals surface area contributed by atoms with Crippen molar-refractivity contribution in [3.63, 3.8) is 0 Å². The Morgan fingerprint density at radius 2 is 1.21 bits per heavy atom. The molecule has 0 heterocycles. The first-order valence-corrected chi connectivity index (χ1v) is 5.76. The average Bonchev–Trinajstić information content (AvgIpc) is 2.56. The highest BCUT2D eigenvalue weighted by molar-refractivity contribution is 5.53. The van der Waals surface area contributed by atoms with E-state index in [2.05, 4.69) is 4.74 Å². The molecule has 0 bridgehead atoms. The second-order valence-corrected chi connectivity index (χ2v) is 4.15. The SMILES string of the molecule is N#Cc1c(F)c(F)c(Oc2cc(F)c(F)c(F)c2F)c(F)c1C#N. The zero-order valence-electron chi connectivity index (χ0n) is 11.0. The van der Waals surface area contributed by atoms with Crippen molar-refractivity contribution in [3.8, 4) is 23.6 Å². The summed E-state index contributed by atoms with van der Waals surface area (Å²) < 4.78 is 98.0. The van der Waals surface area contributed by atoms with Gasteiger partial charge < -0.3 is 4.74 Å². The first kappa shape index (κ1) is 17.1. The molecule has 2 aromatic rings. The van der Waals surface area contributed by atoms with Crippen LogP contribution in [0.1, 0.15) is 11.1 Å². The summed E-state index contributed by atoms with van der Waals surface area (Å²) in [4.78, 5) is 0. The summed E-state index contributed by atoms with van der Waals surface area (Å²) >= 11 is 0. The molecule has 24 heavy (non-hydrogen) atoms. The van der Waals surface area contributed by atoms with Gasteiger partial charge in [0, 0.05) is 6.07 Å². The van der Waals surface area contributed by atoms with Crippen LogP contribution in [0.15, 0.2) is 6.07 Å². The Balaban J connectivity index is 2.72. The number of nitriles is 2. The number of rotatable bonds is 2. The topological polar surface area (TPSA) is 56.8 Å². The van der Waals surface area contributed by atoms with E-state index in [1.165, 1.54) is 0 Å². The smallest absolute Gasteiger partial charge is 0.205 e. The quantitative estimate of drug-likeness (QED) is 0.465. The second kappa shape index (κ2) is 6.08. The van der Waals surface area contributed by atoms with E-state index in [1.807, 2.05) is 0 Å². The minimum Gasteiger partial charge on any atom is -0.448 e. The molecule has 3 nitrogen and oxygen atoms in total. The number of hydrogen-bond acceptors (Lipinski definition) is 3. The van der Waals surface area contributed by atoms with E-state index in [9.17, 15) is 30.7 Å². The van der Waals surface area contributed by atoms with Gasteiger partial charge >= 0.3 is 0 Å². The van der Waals surface area contributed by atoms with Gasteiger partial charge in [0.25, 0.3) is 0 Å². The molecule has 0 aliphatic heterocycles. The van der Waals surface area contributed by atoms with E-state index < -0.39 is 63.3 Å². The molecule has 0 aliphatic carbocycles. The summed E-state index contributed by atoms with van der Waals surface area (Å²) in [5.74, 6) is -17.9. The lowest BCUT2D eigenvalue weighted by molar-refractivity contribution is 0.344. The third-order valence-corrected chi connectivity index (χ3v) is 2.79. The molecule has 0 saturated carbocycles. The lowest BCUT2D eigenvalue weighted by atomic mass is 10.1. The summed E-state index contributed by atoms with van der Waals surface area (Å²) in [5, 5.41) is 17.3. The third-order valence-electron chi connectivity index (χ3n) is 2.79. The summed E-state index contributed by atoms with van der Waals surface area (Å²) in [6.07, 6.45) is 0. The van der Waals surface area contributed by atoms with Crippen molar-refractivity contribution >= 4 is 0 Å². The number of benzene rings is 2. The standard InChI is InChI=1S/C14HF7N2O/c15-6-1-7(11(19)12(20)10(6)18)24-14-9(17)5(3-23)4(2-22)8(16)13(14)21/h1H. The van der Waals surface area contributed by atoms with Crippen LogP contribution in [0.2, 0.25) is 0 Å². The fourth-order valence-corrected chi connectivity index (χ4v) is 1.67. The summed E-state index contributed by atoms with van der Waals surface area (Å²) in [6.45, 7) is 0. The zero-order chi connectivity index (χ0) is 18.2. The average molecular weight is 346 g/mol. The molecule has 0 spiro atoms. The molecule has 0 N–H and O–H groups in total. The maximum Gasteiger partial charge on any atom is 0.205 e. The lowest BCUT2D eigenvalue weighted by Crippen LogP contribution is -2.06. The van der Waals surface area contributed by atoms with Crippen molar-refractivity contribution < 1.29 is 35.5 Å². The van der Waals surface area contributed by atoms with Crippen molar-refractivity contribution in [1.82, 2.24) is 0 Å². The Kier molecular flexibility index (Phi) is 4.33. The monoisotopic (exact) mass is 346 g/mol. The van der Waals surface area contributed by atoms with Crippen molar-refractivity contribution in [2.24, 2.45) is 0 Å². The molecule has 0 atom stereocenters. The molecule has 0 saturated heterocycles. The zero-order valence-corrected chi connectivity index (χ0v) is 11.0. The van der Waals surface area contributed by atoms with Crippen LogP contribution in [-0.4, -0.2) is 0 Å². The van der Waals surface area contributed by atoms with E-state index in [0.29, 0.717) is 0 Å². The van der Waals surface area contributed by atoms with Gasteiger partial charge in [-0.1, -0.05) is 0 Å². The van der Waals surface area contributed by atoms with Crippen molar-refractivity contribution in [3.05, 3.63) is 57.9 Å². The van der Waals surface area contributed by atoms with Gasteiger partial charge in [0.05, 0.1) is 0 Å². The molecule has 0 amide bonds. The predicted molar refractivity (Wildman–Crippen MR) is 62.1 cm³/mol. The highest BCUT2D eigenvalue weighted by Crippen LogP contribution is 2.35. The van der Waals surface area contributed by atoms with E-state index in [0.717, 1.165) is 12.1 Å². The summed E-state index contributed by atoms with van der Waals surface area (Å²) in [6, 6.07) is 2.04. The van der Waals surface area contributed by atoms with Crippen LogP contribution in [0.5, 0.6) is 11.5 Å². The molecule has 122 valence electrons. The van der Waals surface area contributed by atoms with Crippen LogP contribution in [0.4, 0.5) is 30.7 Å². The summed E-state index contributed by atoms with van der Waals surface area (Å²) in [5.41, 5.74) is -2.55. The summed E-state index contributed by atoms with van der Waals surface area (Å²) in [7, 11) is 0. The molecule has 0 radical (unpaired) electrons. The molecule has 2 aromatic carbocycles. The Bertz CT molecular complexity index is 944. The van der Waals surface area contributed by atoms with Gasteiger partial charge in [0.1, 0.15) is 23.3 Å².